The molecule has 0 aliphatic carbocycles. The lowest BCUT2D eigenvalue weighted by Crippen LogP contribution is -2.50. The lowest BCUT2D eigenvalue weighted by Gasteiger charge is -2.37. The van der Waals surface area contributed by atoms with Crippen LogP contribution in [-0.2, 0) is 19.4 Å². The molecule has 2 amide bonds. The number of carbonyl (C=O) groups is 2. The third kappa shape index (κ3) is 4.32. The molecule has 3 rings (SSSR count). The first kappa shape index (κ1) is 20.6. The van der Waals surface area contributed by atoms with Crippen LogP contribution in [0.3, 0.4) is 0 Å². The number of urea groups is 1. The molecule has 2 aromatic carbocycles. The second-order valence-corrected chi connectivity index (χ2v) is 8.49. The van der Waals surface area contributed by atoms with E-state index in [1.807, 2.05) is 0 Å². The van der Waals surface area contributed by atoms with Crippen molar-refractivity contribution in [2.24, 2.45) is 0 Å². The number of allylic oxidation sites excluding steroid dienone is 1. The zero-order valence-electron chi connectivity index (χ0n) is 16.2. The predicted octanol–water partition coefficient (Wildman–Crippen LogP) is 3.02. The summed E-state index contributed by atoms with van der Waals surface area (Å²) in [4.78, 5) is 26.7. The first-order chi connectivity index (χ1) is 13.8. The molecule has 0 radical (unpaired) electrons. The molecule has 2 aromatic rings. The van der Waals surface area contributed by atoms with Gasteiger partial charge in [0.2, 0.25) is 0 Å². The van der Waals surface area contributed by atoms with Crippen LogP contribution in [0.1, 0.15) is 25.5 Å². The van der Waals surface area contributed by atoms with Gasteiger partial charge < -0.3 is 10.1 Å². The van der Waals surface area contributed by atoms with E-state index in [0.717, 1.165) is 4.90 Å². The number of ether oxygens (including phenoxy) is 1. The van der Waals surface area contributed by atoms with E-state index in [1.165, 1.54) is 12.1 Å². The summed E-state index contributed by atoms with van der Waals surface area (Å²) in [6.07, 6.45) is 0. The topological polar surface area (TPSA) is 92.8 Å². The van der Waals surface area contributed by atoms with Crippen molar-refractivity contribution in [2.45, 2.75) is 24.8 Å². The van der Waals surface area contributed by atoms with Gasteiger partial charge in [-0.1, -0.05) is 48.5 Å². The lowest BCUT2D eigenvalue weighted by molar-refractivity contribution is -0.139. The van der Waals surface area contributed by atoms with Gasteiger partial charge in [-0.15, -0.1) is 0 Å². The molecule has 0 aromatic heterocycles. The van der Waals surface area contributed by atoms with E-state index in [-0.39, 0.29) is 17.1 Å². The fourth-order valence-electron chi connectivity index (χ4n) is 3.25. The maximum absolute atomic E-state index is 13.0. The molecule has 1 atom stereocenters. The maximum atomic E-state index is 13.0. The highest BCUT2D eigenvalue weighted by Gasteiger charge is 2.40. The minimum Gasteiger partial charge on any atom is -0.463 e. The van der Waals surface area contributed by atoms with Crippen molar-refractivity contribution in [1.82, 2.24) is 10.2 Å². The monoisotopic (exact) mass is 414 g/mol. The zero-order valence-corrected chi connectivity index (χ0v) is 17.0. The van der Waals surface area contributed by atoms with Crippen LogP contribution in [0.5, 0.6) is 0 Å². The van der Waals surface area contributed by atoms with E-state index in [2.05, 4.69) is 5.32 Å². The molecule has 1 heterocycles. The SMILES string of the molecule is CCOC(=O)C1=C(C)NC(=O)N(CS(=O)(=O)c2ccccc2)C1c1ccccc1. The maximum Gasteiger partial charge on any atom is 0.338 e. The molecular formula is C21H22N2O5S. The minimum atomic E-state index is -3.82. The Morgan fingerprint density at radius 1 is 1.07 bits per heavy atom. The Kier molecular flexibility index (Phi) is 6.03. The minimum absolute atomic E-state index is 0.101. The summed E-state index contributed by atoms with van der Waals surface area (Å²) in [5.41, 5.74) is 1.17. The largest absolute Gasteiger partial charge is 0.463 e. The highest BCUT2D eigenvalue weighted by atomic mass is 32.2. The third-order valence-electron chi connectivity index (χ3n) is 4.57. The Balaban J connectivity index is 2.09. The van der Waals surface area contributed by atoms with E-state index < -0.39 is 33.8 Å². The summed E-state index contributed by atoms with van der Waals surface area (Å²) < 4.78 is 31.1. The first-order valence-corrected chi connectivity index (χ1v) is 10.8. The quantitative estimate of drug-likeness (QED) is 0.734. The number of amides is 2. The van der Waals surface area contributed by atoms with Gasteiger partial charge in [0.15, 0.2) is 9.84 Å². The molecule has 0 bridgehead atoms. The Morgan fingerprint density at radius 3 is 2.24 bits per heavy atom. The molecule has 0 spiro atoms. The molecule has 1 N–H and O–H groups in total. The average molecular weight is 414 g/mol. The second kappa shape index (κ2) is 8.48. The van der Waals surface area contributed by atoms with Crippen molar-refractivity contribution in [3.63, 3.8) is 0 Å². The van der Waals surface area contributed by atoms with Crippen molar-refractivity contribution in [3.8, 4) is 0 Å². The zero-order chi connectivity index (χ0) is 21.0. The van der Waals surface area contributed by atoms with Crippen molar-refractivity contribution < 1.29 is 22.7 Å². The predicted molar refractivity (Wildman–Crippen MR) is 107 cm³/mol. The molecule has 1 unspecified atom stereocenters. The van der Waals surface area contributed by atoms with Gasteiger partial charge in [-0.25, -0.2) is 18.0 Å². The Hall–Kier alpha value is -3.13. The molecule has 0 saturated heterocycles. The van der Waals surface area contributed by atoms with Crippen LogP contribution in [-0.4, -0.2) is 37.8 Å². The van der Waals surface area contributed by atoms with Gasteiger partial charge in [-0.2, -0.15) is 0 Å². The van der Waals surface area contributed by atoms with Crippen LogP contribution in [0, 0.1) is 0 Å². The molecule has 0 saturated carbocycles. The normalized spacial score (nSPS) is 17.1. The molecule has 1 aliphatic heterocycles. The highest BCUT2D eigenvalue weighted by Crippen LogP contribution is 2.35. The van der Waals surface area contributed by atoms with Gasteiger partial charge in [0.05, 0.1) is 23.1 Å². The number of benzene rings is 2. The standard InChI is InChI=1S/C21H22N2O5S/c1-3-28-20(24)18-15(2)22-21(25)23(19(18)16-10-6-4-7-11-16)14-29(26,27)17-12-8-5-9-13-17/h4-13,19H,3,14H2,1-2H3,(H,22,25). The van der Waals surface area contributed by atoms with Crippen LogP contribution < -0.4 is 5.32 Å². The lowest BCUT2D eigenvalue weighted by atomic mass is 9.94. The van der Waals surface area contributed by atoms with E-state index >= 15 is 0 Å². The van der Waals surface area contributed by atoms with Crippen molar-refractivity contribution >= 4 is 21.8 Å². The molecule has 7 nitrogen and oxygen atoms in total. The number of hydrogen-bond acceptors (Lipinski definition) is 5. The molecule has 8 heteroatoms. The van der Waals surface area contributed by atoms with Crippen molar-refractivity contribution in [3.05, 3.63) is 77.5 Å². The van der Waals surface area contributed by atoms with Gasteiger partial charge >= 0.3 is 12.0 Å². The highest BCUT2D eigenvalue weighted by molar-refractivity contribution is 7.91. The van der Waals surface area contributed by atoms with Crippen molar-refractivity contribution in [1.29, 1.82) is 0 Å². The van der Waals surface area contributed by atoms with Gasteiger partial charge in [-0.3, -0.25) is 4.90 Å². The Bertz CT molecular complexity index is 1030. The molecule has 29 heavy (non-hydrogen) atoms. The van der Waals surface area contributed by atoms with Crippen LogP contribution in [0.15, 0.2) is 76.8 Å². The summed E-state index contributed by atoms with van der Waals surface area (Å²) in [7, 11) is -3.82. The number of esters is 1. The van der Waals surface area contributed by atoms with Crippen LogP contribution >= 0.6 is 0 Å². The molecule has 0 fully saturated rings. The van der Waals surface area contributed by atoms with E-state index in [0.29, 0.717) is 11.3 Å². The van der Waals surface area contributed by atoms with E-state index in [1.54, 1.807) is 62.4 Å². The third-order valence-corrected chi connectivity index (χ3v) is 6.17. The summed E-state index contributed by atoms with van der Waals surface area (Å²) in [5.74, 6) is -1.18. The fourth-order valence-corrected chi connectivity index (χ4v) is 4.61. The van der Waals surface area contributed by atoms with E-state index in [4.69, 9.17) is 4.74 Å². The number of nitrogens with zero attached hydrogens (tertiary/aromatic N) is 1. The van der Waals surface area contributed by atoms with E-state index in [9.17, 15) is 18.0 Å². The Morgan fingerprint density at radius 2 is 1.66 bits per heavy atom. The smallest absolute Gasteiger partial charge is 0.338 e. The number of sulfone groups is 1. The first-order valence-electron chi connectivity index (χ1n) is 9.13. The van der Waals surface area contributed by atoms with Gasteiger partial charge in [0, 0.05) is 5.70 Å². The second-order valence-electron chi connectivity index (χ2n) is 6.53. The molecule has 1 aliphatic rings. The Labute approximate surface area is 169 Å². The van der Waals surface area contributed by atoms with Crippen molar-refractivity contribution in [2.75, 3.05) is 12.5 Å². The van der Waals surface area contributed by atoms with Crippen LogP contribution in [0.2, 0.25) is 0 Å². The summed E-state index contributed by atoms with van der Waals surface area (Å²) in [6, 6.07) is 15.2. The molecule has 152 valence electrons. The average Bonchev–Trinajstić information content (AvgIpc) is 2.71. The number of rotatable bonds is 6. The summed E-state index contributed by atoms with van der Waals surface area (Å²) >= 11 is 0. The molecular weight excluding hydrogens is 392 g/mol. The number of nitrogens with one attached hydrogen (secondary N) is 1. The van der Waals surface area contributed by atoms with Gasteiger partial charge in [-0.05, 0) is 31.5 Å². The van der Waals surface area contributed by atoms with Crippen LogP contribution in [0.4, 0.5) is 4.79 Å². The van der Waals surface area contributed by atoms with Crippen LogP contribution in [0.25, 0.3) is 0 Å². The summed E-state index contributed by atoms with van der Waals surface area (Å²) in [6.45, 7) is 3.45. The summed E-state index contributed by atoms with van der Waals surface area (Å²) in [5, 5.41) is 2.59. The van der Waals surface area contributed by atoms with Gasteiger partial charge in [0.25, 0.3) is 0 Å². The number of carbonyl (C=O) groups excluding carboxylic acids is 2. The fraction of sp³-hybridized carbons (Fsp3) is 0.238. The number of hydrogen-bond donors (Lipinski definition) is 1. The van der Waals surface area contributed by atoms with Gasteiger partial charge in [0.1, 0.15) is 5.88 Å².